The lowest BCUT2D eigenvalue weighted by molar-refractivity contribution is -0.384. The number of aromatic hydroxyl groups is 1. The summed E-state index contributed by atoms with van der Waals surface area (Å²) in [6, 6.07) is 7.86. The van der Waals surface area contributed by atoms with E-state index >= 15 is 0 Å². The summed E-state index contributed by atoms with van der Waals surface area (Å²) in [6.45, 7) is 0. The highest BCUT2D eigenvalue weighted by atomic mass is 79.9. The molecule has 76 valence electrons. The van der Waals surface area contributed by atoms with Gasteiger partial charge in [-0.3, -0.25) is 10.1 Å². The topological polar surface area (TPSA) is 63.4 Å². The molecule has 0 bridgehead atoms. The van der Waals surface area contributed by atoms with Gasteiger partial charge in [-0.1, -0.05) is 6.07 Å². The molecule has 0 radical (unpaired) electrons. The fourth-order valence-electron chi connectivity index (χ4n) is 1.38. The van der Waals surface area contributed by atoms with Gasteiger partial charge in [0.2, 0.25) is 0 Å². The van der Waals surface area contributed by atoms with E-state index in [0.717, 1.165) is 5.39 Å². The Kier molecular flexibility index (Phi) is 2.32. The van der Waals surface area contributed by atoms with Crippen LogP contribution in [-0.4, -0.2) is 10.0 Å². The smallest absolute Gasteiger partial charge is 0.270 e. The Bertz CT molecular complexity index is 554. The van der Waals surface area contributed by atoms with E-state index in [1.54, 1.807) is 18.2 Å². The lowest BCUT2D eigenvalue weighted by Crippen LogP contribution is -1.87. The molecule has 0 aliphatic rings. The molecular weight excluding hydrogens is 262 g/mol. The van der Waals surface area contributed by atoms with Gasteiger partial charge < -0.3 is 5.11 Å². The Morgan fingerprint density at radius 1 is 1.27 bits per heavy atom. The van der Waals surface area contributed by atoms with Gasteiger partial charge in [0, 0.05) is 17.5 Å². The molecule has 0 amide bonds. The van der Waals surface area contributed by atoms with Crippen molar-refractivity contribution in [1.29, 1.82) is 0 Å². The summed E-state index contributed by atoms with van der Waals surface area (Å²) in [5, 5.41) is 21.5. The average Bonchev–Trinajstić information content (AvgIpc) is 2.23. The monoisotopic (exact) mass is 267 g/mol. The van der Waals surface area contributed by atoms with Crippen molar-refractivity contribution in [3.8, 4) is 5.75 Å². The van der Waals surface area contributed by atoms with Crippen LogP contribution in [0.3, 0.4) is 0 Å². The highest BCUT2D eigenvalue weighted by Crippen LogP contribution is 2.34. The van der Waals surface area contributed by atoms with E-state index in [0.29, 0.717) is 9.86 Å². The van der Waals surface area contributed by atoms with E-state index in [1.165, 1.54) is 12.1 Å². The Morgan fingerprint density at radius 3 is 2.60 bits per heavy atom. The lowest BCUT2D eigenvalue weighted by atomic mass is 10.1. The second kappa shape index (κ2) is 3.51. The van der Waals surface area contributed by atoms with Crippen molar-refractivity contribution < 1.29 is 10.0 Å². The van der Waals surface area contributed by atoms with Crippen LogP contribution < -0.4 is 0 Å². The number of hydrogen-bond acceptors (Lipinski definition) is 3. The third-order valence-electron chi connectivity index (χ3n) is 2.14. The highest BCUT2D eigenvalue weighted by Gasteiger charge is 2.10. The molecule has 4 nitrogen and oxygen atoms in total. The van der Waals surface area contributed by atoms with Gasteiger partial charge in [-0.25, -0.2) is 0 Å². The van der Waals surface area contributed by atoms with E-state index in [1.807, 2.05) is 0 Å². The van der Waals surface area contributed by atoms with E-state index in [2.05, 4.69) is 15.9 Å². The maximum Gasteiger partial charge on any atom is 0.270 e. The first-order valence-corrected chi connectivity index (χ1v) is 4.94. The van der Waals surface area contributed by atoms with Crippen LogP contribution in [0.2, 0.25) is 0 Å². The van der Waals surface area contributed by atoms with Crippen LogP contribution in [0.1, 0.15) is 0 Å². The molecule has 0 saturated carbocycles. The quantitative estimate of drug-likeness (QED) is 0.638. The molecule has 0 aliphatic carbocycles. The Hall–Kier alpha value is -1.62. The minimum Gasteiger partial charge on any atom is -0.506 e. The zero-order valence-electron chi connectivity index (χ0n) is 7.48. The number of phenolic OH excluding ortho intramolecular Hbond substituents is 1. The number of phenols is 1. The van der Waals surface area contributed by atoms with Crippen molar-refractivity contribution in [2.75, 3.05) is 0 Å². The first-order chi connectivity index (χ1) is 7.09. The third-order valence-corrected chi connectivity index (χ3v) is 2.78. The molecule has 2 aromatic carbocycles. The van der Waals surface area contributed by atoms with Crippen molar-refractivity contribution in [3.63, 3.8) is 0 Å². The molecule has 2 aromatic rings. The van der Waals surface area contributed by atoms with Gasteiger partial charge in [-0.2, -0.15) is 0 Å². The minimum absolute atomic E-state index is 0.0243. The number of benzene rings is 2. The number of fused-ring (bicyclic) bond motifs is 1. The zero-order valence-corrected chi connectivity index (χ0v) is 9.06. The fraction of sp³-hybridized carbons (Fsp3) is 0. The average molecular weight is 268 g/mol. The number of nitrogens with zero attached hydrogens (tertiary/aromatic N) is 1. The van der Waals surface area contributed by atoms with E-state index in [-0.39, 0.29) is 11.4 Å². The molecule has 0 aliphatic heterocycles. The van der Waals surface area contributed by atoms with E-state index in [4.69, 9.17) is 0 Å². The number of hydrogen-bond donors (Lipinski definition) is 1. The minimum atomic E-state index is -0.486. The number of nitro benzene ring substituents is 1. The Morgan fingerprint density at radius 2 is 1.93 bits per heavy atom. The highest BCUT2D eigenvalue weighted by molar-refractivity contribution is 9.10. The van der Waals surface area contributed by atoms with E-state index < -0.39 is 4.92 Å². The zero-order chi connectivity index (χ0) is 11.0. The van der Waals surface area contributed by atoms with Crippen LogP contribution in [0.4, 0.5) is 5.69 Å². The summed E-state index contributed by atoms with van der Waals surface area (Å²) in [5.41, 5.74) is -0.0316. The molecule has 0 atom stereocenters. The fourth-order valence-corrected chi connectivity index (χ4v) is 1.72. The van der Waals surface area contributed by atoms with Gasteiger partial charge in [-0.15, -0.1) is 0 Å². The molecule has 0 aromatic heterocycles. The first-order valence-electron chi connectivity index (χ1n) is 4.15. The van der Waals surface area contributed by atoms with Crippen LogP contribution in [0.15, 0.2) is 34.8 Å². The largest absolute Gasteiger partial charge is 0.506 e. The SMILES string of the molecule is O=[N+]([O-])c1ccc2ccc(Br)c(O)c2c1. The lowest BCUT2D eigenvalue weighted by Gasteiger charge is -2.02. The van der Waals surface area contributed by atoms with Crippen LogP contribution in [0.25, 0.3) is 10.8 Å². The second-order valence-corrected chi connectivity index (χ2v) is 3.91. The predicted octanol–water partition coefficient (Wildman–Crippen LogP) is 3.22. The van der Waals surface area contributed by atoms with Crippen LogP contribution >= 0.6 is 15.9 Å². The van der Waals surface area contributed by atoms with Gasteiger partial charge in [-0.05, 0) is 33.4 Å². The van der Waals surface area contributed by atoms with Gasteiger partial charge in [0.25, 0.3) is 5.69 Å². The molecule has 5 heteroatoms. The molecule has 0 fully saturated rings. The third kappa shape index (κ3) is 1.66. The van der Waals surface area contributed by atoms with Gasteiger partial charge in [0.05, 0.1) is 9.40 Å². The number of halogens is 1. The molecule has 0 heterocycles. The van der Waals surface area contributed by atoms with Crippen LogP contribution in [0, 0.1) is 10.1 Å². The summed E-state index contributed by atoms with van der Waals surface area (Å²) in [5.74, 6) is 0.0243. The maximum atomic E-state index is 10.6. The molecule has 2 rings (SSSR count). The molecule has 0 unspecified atom stereocenters. The molecule has 0 saturated heterocycles. The molecule has 0 spiro atoms. The number of nitro groups is 1. The standard InChI is InChI=1S/C10H6BrNO3/c11-9-4-2-6-1-3-7(12(14)15)5-8(6)10(9)13/h1-5,13H. The summed E-state index contributed by atoms with van der Waals surface area (Å²) in [4.78, 5) is 10.1. The van der Waals surface area contributed by atoms with Crippen molar-refractivity contribution >= 4 is 32.4 Å². The Balaban J connectivity index is 2.79. The number of rotatable bonds is 1. The van der Waals surface area contributed by atoms with Gasteiger partial charge >= 0.3 is 0 Å². The first kappa shape index (κ1) is 9.92. The van der Waals surface area contributed by atoms with Crippen molar-refractivity contribution in [3.05, 3.63) is 44.9 Å². The molecule has 1 N–H and O–H groups in total. The molecular formula is C10H6BrNO3. The maximum absolute atomic E-state index is 10.6. The van der Waals surface area contributed by atoms with Crippen LogP contribution in [0.5, 0.6) is 5.75 Å². The van der Waals surface area contributed by atoms with Crippen molar-refractivity contribution in [2.45, 2.75) is 0 Å². The number of non-ortho nitro benzene ring substituents is 1. The van der Waals surface area contributed by atoms with Crippen molar-refractivity contribution in [2.24, 2.45) is 0 Å². The van der Waals surface area contributed by atoms with E-state index in [9.17, 15) is 15.2 Å². The Labute approximate surface area is 93.4 Å². The normalized spacial score (nSPS) is 10.5. The van der Waals surface area contributed by atoms with Crippen LogP contribution in [-0.2, 0) is 0 Å². The second-order valence-electron chi connectivity index (χ2n) is 3.06. The van der Waals surface area contributed by atoms with Gasteiger partial charge in [0.15, 0.2) is 0 Å². The summed E-state index contributed by atoms with van der Waals surface area (Å²) >= 11 is 3.16. The summed E-state index contributed by atoms with van der Waals surface area (Å²) in [7, 11) is 0. The molecule has 15 heavy (non-hydrogen) atoms. The summed E-state index contributed by atoms with van der Waals surface area (Å²) < 4.78 is 0.524. The summed E-state index contributed by atoms with van der Waals surface area (Å²) in [6.07, 6.45) is 0. The van der Waals surface area contributed by atoms with Gasteiger partial charge in [0.1, 0.15) is 5.75 Å². The van der Waals surface area contributed by atoms with Crippen molar-refractivity contribution in [1.82, 2.24) is 0 Å². The predicted molar refractivity (Wildman–Crippen MR) is 60.0 cm³/mol.